The summed E-state index contributed by atoms with van der Waals surface area (Å²) in [6.45, 7) is 1.26. The number of nitrogens with one attached hydrogen (secondary N) is 1. The van der Waals surface area contributed by atoms with Crippen molar-refractivity contribution in [3.05, 3.63) is 154 Å². The van der Waals surface area contributed by atoms with Gasteiger partial charge < -0.3 is 24.6 Å². The maximum absolute atomic E-state index is 14.1. The average molecular weight is 783 g/mol. The maximum Gasteiger partial charge on any atom is 0.338 e. The summed E-state index contributed by atoms with van der Waals surface area (Å²) >= 11 is 12.4. The van der Waals surface area contributed by atoms with Crippen LogP contribution in [0, 0.1) is 23.7 Å². The fourth-order valence-corrected chi connectivity index (χ4v) is 7.09. The Morgan fingerprint density at radius 1 is 0.636 bits per heavy atom. The van der Waals surface area contributed by atoms with Gasteiger partial charge in [0.2, 0.25) is 5.91 Å². The molecule has 0 saturated heterocycles. The van der Waals surface area contributed by atoms with Gasteiger partial charge in [0.1, 0.15) is 19.3 Å². The first-order valence-electron chi connectivity index (χ1n) is 17.6. The summed E-state index contributed by atoms with van der Waals surface area (Å²) in [6, 6.07) is 34.2. The molecular weight excluding hydrogens is 745 g/mol. The fraction of sp³-hybridized carbons (Fsp3) is 0.233. The zero-order chi connectivity index (χ0) is 39.1. The van der Waals surface area contributed by atoms with Gasteiger partial charge in [0.15, 0.2) is 0 Å². The normalized spacial score (nSPS) is 18.6. The molecule has 6 atom stereocenters. The predicted octanol–water partition coefficient (Wildman–Crippen LogP) is 7.47. The molecule has 0 heterocycles. The first-order chi connectivity index (χ1) is 26.5. The fourth-order valence-electron chi connectivity index (χ4n) is 6.77. The SMILES string of the molecule is CC(NC(=O)[C@@H]1[C@@H](C(=O)O)[C@H](C(=O)OCc2ccccc2)[C@@H]1C(=O)OCc1ccccc1)C(Cc1ccc(Cl)c(Cl)c1)OC(=O)c1ccc2ccccc2c1. The average Bonchev–Trinajstić information content (AvgIpc) is 3.17. The smallest absolute Gasteiger partial charge is 0.338 e. The van der Waals surface area contributed by atoms with Gasteiger partial charge in [-0.2, -0.15) is 0 Å². The monoisotopic (exact) mass is 781 g/mol. The summed E-state index contributed by atoms with van der Waals surface area (Å²) in [6.07, 6.45) is -0.916. The van der Waals surface area contributed by atoms with E-state index in [1.165, 1.54) is 0 Å². The quantitative estimate of drug-likeness (QED) is 0.0866. The molecule has 6 rings (SSSR count). The van der Waals surface area contributed by atoms with E-state index in [2.05, 4.69) is 5.32 Å². The molecule has 55 heavy (non-hydrogen) atoms. The van der Waals surface area contributed by atoms with E-state index in [9.17, 15) is 29.1 Å². The minimum atomic E-state index is -1.61. The zero-order valence-electron chi connectivity index (χ0n) is 29.6. The third kappa shape index (κ3) is 9.33. The molecular formula is C43H37Cl2NO9. The van der Waals surface area contributed by atoms with Crippen molar-refractivity contribution in [2.24, 2.45) is 23.7 Å². The van der Waals surface area contributed by atoms with Crippen molar-refractivity contribution >= 4 is 63.8 Å². The Morgan fingerprint density at radius 2 is 1.20 bits per heavy atom. The van der Waals surface area contributed by atoms with E-state index in [0.717, 1.165) is 10.8 Å². The van der Waals surface area contributed by atoms with Crippen LogP contribution in [-0.2, 0) is 53.0 Å². The molecule has 1 aliphatic carbocycles. The largest absolute Gasteiger partial charge is 0.481 e. The molecule has 1 aliphatic rings. The molecule has 0 spiro atoms. The van der Waals surface area contributed by atoms with Crippen molar-refractivity contribution in [1.82, 2.24) is 5.32 Å². The molecule has 1 saturated carbocycles. The summed E-state index contributed by atoms with van der Waals surface area (Å²) < 4.78 is 17.0. The standard InChI is InChI=1S/C43H37Cl2NO9/c1-25(34(21-28-16-19-32(44)33(45)20-28)55-41(50)31-18-17-29-14-8-9-15-30(29)22-31)46-39(47)35-36(40(48)49)38(43(52)54-24-27-12-6-3-7-13-27)37(35)42(51)53-23-26-10-4-2-5-11-26/h2-20,22,25,34-38H,21,23-24H2,1H3,(H,46,47)(H,48,49)/t25?,34?,35-,36-,37-,38+/m1/s1. The third-order valence-electron chi connectivity index (χ3n) is 9.72. The highest BCUT2D eigenvalue weighted by atomic mass is 35.5. The molecule has 0 aromatic heterocycles. The minimum Gasteiger partial charge on any atom is -0.481 e. The van der Waals surface area contributed by atoms with E-state index in [1.54, 1.807) is 104 Å². The number of ether oxygens (including phenoxy) is 3. The van der Waals surface area contributed by atoms with E-state index in [-0.39, 0.29) is 30.2 Å². The van der Waals surface area contributed by atoms with E-state index < -0.39 is 65.6 Å². The molecule has 1 fully saturated rings. The second-order valence-corrected chi connectivity index (χ2v) is 14.2. The second kappa shape index (κ2) is 17.6. The second-order valence-electron chi connectivity index (χ2n) is 13.4. The van der Waals surface area contributed by atoms with Gasteiger partial charge in [0, 0.05) is 6.42 Å². The molecule has 1 amide bonds. The molecule has 0 radical (unpaired) electrons. The van der Waals surface area contributed by atoms with Crippen LogP contribution >= 0.6 is 23.2 Å². The highest BCUT2D eigenvalue weighted by Crippen LogP contribution is 2.48. The van der Waals surface area contributed by atoms with Gasteiger partial charge in [-0.1, -0.05) is 120 Å². The maximum atomic E-state index is 14.1. The predicted molar refractivity (Wildman–Crippen MR) is 205 cm³/mol. The summed E-state index contributed by atoms with van der Waals surface area (Å²) in [4.78, 5) is 67.6. The molecule has 10 nitrogen and oxygen atoms in total. The number of rotatable bonds is 14. The lowest BCUT2D eigenvalue weighted by Gasteiger charge is -2.45. The van der Waals surface area contributed by atoms with Gasteiger partial charge in [0.25, 0.3) is 0 Å². The van der Waals surface area contributed by atoms with Crippen molar-refractivity contribution in [3.63, 3.8) is 0 Å². The lowest BCUT2D eigenvalue weighted by Crippen LogP contribution is -2.63. The number of benzene rings is 5. The van der Waals surface area contributed by atoms with Gasteiger partial charge in [-0.3, -0.25) is 19.2 Å². The Labute approximate surface area is 327 Å². The number of esters is 3. The molecule has 12 heteroatoms. The number of carboxylic acid groups (broad SMARTS) is 1. The van der Waals surface area contributed by atoms with E-state index in [1.807, 2.05) is 24.3 Å². The number of amides is 1. The minimum absolute atomic E-state index is 0.0850. The Kier molecular flexibility index (Phi) is 12.5. The van der Waals surface area contributed by atoms with Crippen LogP contribution in [0.15, 0.2) is 121 Å². The highest BCUT2D eigenvalue weighted by Gasteiger charge is 2.65. The van der Waals surface area contributed by atoms with Crippen LogP contribution in [0.1, 0.15) is 34.0 Å². The number of aliphatic carboxylic acids is 1. The summed E-state index contributed by atoms with van der Waals surface area (Å²) in [5, 5.41) is 15.5. The summed E-state index contributed by atoms with van der Waals surface area (Å²) in [5.74, 6) is -10.9. The first-order valence-corrected chi connectivity index (χ1v) is 18.3. The van der Waals surface area contributed by atoms with Gasteiger partial charge in [0.05, 0.1) is 45.3 Å². The van der Waals surface area contributed by atoms with Gasteiger partial charge >= 0.3 is 23.9 Å². The number of halogens is 2. The van der Waals surface area contributed by atoms with Crippen LogP contribution in [-0.4, -0.2) is 47.0 Å². The molecule has 2 unspecified atom stereocenters. The number of hydrogen-bond donors (Lipinski definition) is 2. The molecule has 282 valence electrons. The Morgan fingerprint density at radius 3 is 1.78 bits per heavy atom. The third-order valence-corrected chi connectivity index (χ3v) is 10.5. The van der Waals surface area contributed by atoms with Crippen molar-refractivity contribution in [1.29, 1.82) is 0 Å². The van der Waals surface area contributed by atoms with Crippen LogP contribution in [0.25, 0.3) is 10.8 Å². The molecule has 2 N–H and O–H groups in total. The van der Waals surface area contributed by atoms with E-state index in [0.29, 0.717) is 21.7 Å². The van der Waals surface area contributed by atoms with Crippen molar-refractivity contribution < 1.29 is 43.3 Å². The molecule has 5 aromatic rings. The van der Waals surface area contributed by atoms with Gasteiger partial charge in [-0.05, 0) is 58.7 Å². The number of carboxylic acids is 1. The Hall–Kier alpha value is -5.71. The highest BCUT2D eigenvalue weighted by molar-refractivity contribution is 6.42. The van der Waals surface area contributed by atoms with Crippen LogP contribution in [0.5, 0.6) is 0 Å². The van der Waals surface area contributed by atoms with Gasteiger partial charge in [-0.15, -0.1) is 0 Å². The topological polar surface area (TPSA) is 145 Å². The van der Waals surface area contributed by atoms with Crippen molar-refractivity contribution in [3.8, 4) is 0 Å². The van der Waals surface area contributed by atoms with Crippen LogP contribution in [0.3, 0.4) is 0 Å². The molecule has 0 aliphatic heterocycles. The number of carbonyl (C=O) groups excluding carboxylic acids is 4. The van der Waals surface area contributed by atoms with Crippen molar-refractivity contribution in [2.45, 2.75) is 38.7 Å². The summed E-state index contributed by atoms with van der Waals surface area (Å²) in [5.41, 5.74) is 2.22. The molecule has 0 bridgehead atoms. The van der Waals surface area contributed by atoms with Crippen LogP contribution in [0.2, 0.25) is 10.0 Å². The summed E-state index contributed by atoms with van der Waals surface area (Å²) in [7, 11) is 0. The van der Waals surface area contributed by atoms with Crippen molar-refractivity contribution in [2.75, 3.05) is 0 Å². The van der Waals surface area contributed by atoms with Gasteiger partial charge in [-0.25, -0.2) is 4.79 Å². The Bertz CT molecular complexity index is 2200. The van der Waals surface area contributed by atoms with E-state index in [4.69, 9.17) is 37.4 Å². The number of carbonyl (C=O) groups is 5. The lowest BCUT2D eigenvalue weighted by atomic mass is 9.56. The van der Waals surface area contributed by atoms with Crippen LogP contribution in [0.4, 0.5) is 0 Å². The lowest BCUT2D eigenvalue weighted by molar-refractivity contribution is -0.193. The Balaban J connectivity index is 1.25. The number of hydrogen-bond acceptors (Lipinski definition) is 8. The zero-order valence-corrected chi connectivity index (χ0v) is 31.1. The first kappa shape index (κ1) is 39.0. The van der Waals surface area contributed by atoms with Crippen LogP contribution < -0.4 is 5.32 Å². The molecule has 5 aromatic carbocycles. The van der Waals surface area contributed by atoms with E-state index >= 15 is 0 Å². The number of fused-ring (bicyclic) bond motifs is 1.